The van der Waals surface area contributed by atoms with Crippen molar-refractivity contribution in [3.8, 4) is 0 Å². The van der Waals surface area contributed by atoms with Crippen molar-refractivity contribution in [3.05, 3.63) is 29.3 Å². The van der Waals surface area contributed by atoms with Crippen LogP contribution in [0.1, 0.15) is 26.2 Å². The van der Waals surface area contributed by atoms with E-state index in [9.17, 15) is 9.59 Å². The van der Waals surface area contributed by atoms with Crippen molar-refractivity contribution in [2.45, 2.75) is 32.2 Å². The Kier molecular flexibility index (Phi) is 3.89. The van der Waals surface area contributed by atoms with Crippen LogP contribution in [-0.4, -0.2) is 24.4 Å². The molecule has 1 saturated carbocycles. The summed E-state index contributed by atoms with van der Waals surface area (Å²) in [5, 5.41) is 3.68. The zero-order valence-electron chi connectivity index (χ0n) is 12.0. The zero-order chi connectivity index (χ0) is 15.0. The lowest BCUT2D eigenvalue weighted by Gasteiger charge is -2.18. The highest BCUT2D eigenvalue weighted by atomic mass is 35.5. The van der Waals surface area contributed by atoms with Crippen LogP contribution in [0.25, 0.3) is 0 Å². The topological polar surface area (TPSA) is 49.4 Å². The molecule has 2 aliphatic rings. The molecule has 0 aromatic heterocycles. The first-order valence-electron chi connectivity index (χ1n) is 7.41. The highest BCUT2D eigenvalue weighted by Crippen LogP contribution is 2.33. The second-order valence-electron chi connectivity index (χ2n) is 6.02. The Hall–Kier alpha value is -1.55. The average molecular weight is 307 g/mol. The molecule has 1 aromatic rings. The summed E-state index contributed by atoms with van der Waals surface area (Å²) in [4.78, 5) is 26.0. The monoisotopic (exact) mass is 306 g/mol. The van der Waals surface area contributed by atoms with Crippen molar-refractivity contribution < 1.29 is 9.59 Å². The van der Waals surface area contributed by atoms with E-state index >= 15 is 0 Å². The Balaban J connectivity index is 1.63. The van der Waals surface area contributed by atoms with Gasteiger partial charge in [0.15, 0.2) is 0 Å². The van der Waals surface area contributed by atoms with Gasteiger partial charge in [0.25, 0.3) is 0 Å². The van der Waals surface area contributed by atoms with Crippen LogP contribution in [0.15, 0.2) is 24.3 Å². The summed E-state index contributed by atoms with van der Waals surface area (Å²) in [7, 11) is 0. The highest BCUT2D eigenvalue weighted by molar-refractivity contribution is 6.30. The fourth-order valence-corrected chi connectivity index (χ4v) is 2.94. The van der Waals surface area contributed by atoms with Gasteiger partial charge in [-0.2, -0.15) is 0 Å². The summed E-state index contributed by atoms with van der Waals surface area (Å²) in [6.07, 6.45) is 2.68. The molecule has 112 valence electrons. The maximum Gasteiger partial charge on any atom is 0.227 e. The SMILES string of the molecule is C[C@@H](NC(=O)[C@@H]1CC(=O)N(c2ccc(Cl)cc2)C1)C1CC1. The van der Waals surface area contributed by atoms with Gasteiger partial charge in [0.1, 0.15) is 0 Å². The molecule has 3 rings (SSSR count). The van der Waals surface area contributed by atoms with Crippen molar-refractivity contribution in [1.29, 1.82) is 0 Å². The average Bonchev–Trinajstić information content (AvgIpc) is 3.23. The summed E-state index contributed by atoms with van der Waals surface area (Å²) >= 11 is 5.86. The second kappa shape index (κ2) is 5.68. The van der Waals surface area contributed by atoms with Gasteiger partial charge in [0.2, 0.25) is 11.8 Å². The number of nitrogens with zero attached hydrogens (tertiary/aromatic N) is 1. The van der Waals surface area contributed by atoms with Gasteiger partial charge in [-0.25, -0.2) is 0 Å². The molecule has 21 heavy (non-hydrogen) atoms. The van der Waals surface area contributed by atoms with E-state index in [0.717, 1.165) is 5.69 Å². The predicted molar refractivity (Wildman–Crippen MR) is 82.2 cm³/mol. The Bertz CT molecular complexity index is 554. The molecule has 0 unspecified atom stereocenters. The predicted octanol–water partition coefficient (Wildman–Crippen LogP) is 2.61. The fourth-order valence-electron chi connectivity index (χ4n) is 2.81. The van der Waals surface area contributed by atoms with Gasteiger partial charge in [-0.1, -0.05) is 11.6 Å². The molecule has 1 aliphatic heterocycles. The number of carbonyl (C=O) groups excluding carboxylic acids is 2. The van der Waals surface area contributed by atoms with Gasteiger partial charge in [-0.05, 0) is 49.9 Å². The molecule has 1 heterocycles. The third kappa shape index (κ3) is 3.21. The number of nitrogens with one attached hydrogen (secondary N) is 1. The fraction of sp³-hybridized carbons (Fsp3) is 0.500. The minimum absolute atomic E-state index is 0.000728. The largest absolute Gasteiger partial charge is 0.353 e. The van der Waals surface area contributed by atoms with Crippen molar-refractivity contribution in [3.63, 3.8) is 0 Å². The lowest BCUT2D eigenvalue weighted by molar-refractivity contribution is -0.126. The van der Waals surface area contributed by atoms with Gasteiger partial charge < -0.3 is 10.2 Å². The van der Waals surface area contributed by atoms with Crippen LogP contribution in [0.2, 0.25) is 5.02 Å². The highest BCUT2D eigenvalue weighted by Gasteiger charge is 2.37. The molecule has 2 amide bonds. The molecule has 4 nitrogen and oxygen atoms in total. The minimum atomic E-state index is -0.255. The number of carbonyl (C=O) groups is 2. The van der Waals surface area contributed by atoms with Crippen LogP contribution in [0, 0.1) is 11.8 Å². The first-order chi connectivity index (χ1) is 10.0. The molecule has 0 radical (unpaired) electrons. The number of rotatable bonds is 4. The number of anilines is 1. The van der Waals surface area contributed by atoms with Crippen molar-refractivity contribution >= 4 is 29.1 Å². The van der Waals surface area contributed by atoms with Crippen LogP contribution in [0.4, 0.5) is 5.69 Å². The van der Waals surface area contributed by atoms with Gasteiger partial charge >= 0.3 is 0 Å². The second-order valence-corrected chi connectivity index (χ2v) is 6.45. The Morgan fingerprint density at radius 1 is 1.33 bits per heavy atom. The standard InChI is InChI=1S/C16H19ClN2O2/c1-10(11-2-3-11)18-16(21)12-8-15(20)19(9-12)14-6-4-13(17)5-7-14/h4-7,10-12H,2-3,8-9H2,1H3,(H,18,21)/t10-,12-/m1/s1. The van der Waals surface area contributed by atoms with E-state index in [2.05, 4.69) is 5.32 Å². The van der Waals surface area contributed by atoms with E-state index in [1.54, 1.807) is 17.0 Å². The molecule has 0 bridgehead atoms. The van der Waals surface area contributed by atoms with E-state index < -0.39 is 0 Å². The molecule has 2 atom stereocenters. The van der Waals surface area contributed by atoms with E-state index in [1.807, 2.05) is 19.1 Å². The third-order valence-corrected chi connectivity index (χ3v) is 4.59. The van der Waals surface area contributed by atoms with Crippen molar-refractivity contribution in [1.82, 2.24) is 5.32 Å². The van der Waals surface area contributed by atoms with Gasteiger partial charge in [0.05, 0.1) is 5.92 Å². The summed E-state index contributed by atoms with van der Waals surface area (Å²) in [5.74, 6) is 0.364. The maximum atomic E-state index is 12.3. The van der Waals surface area contributed by atoms with E-state index in [0.29, 0.717) is 17.5 Å². The number of benzene rings is 1. The normalized spacial score (nSPS) is 23.2. The molecular formula is C16H19ClN2O2. The van der Waals surface area contributed by atoms with Crippen LogP contribution >= 0.6 is 11.6 Å². The van der Waals surface area contributed by atoms with Crippen molar-refractivity contribution in [2.24, 2.45) is 11.8 Å². The number of halogens is 1. The molecule has 1 N–H and O–H groups in total. The number of amides is 2. The Labute approximate surface area is 129 Å². The molecule has 5 heteroatoms. The smallest absolute Gasteiger partial charge is 0.227 e. The lowest BCUT2D eigenvalue weighted by Crippen LogP contribution is -2.39. The van der Waals surface area contributed by atoms with Crippen molar-refractivity contribution in [2.75, 3.05) is 11.4 Å². The van der Waals surface area contributed by atoms with Crippen LogP contribution < -0.4 is 10.2 Å². The van der Waals surface area contributed by atoms with Crippen LogP contribution in [-0.2, 0) is 9.59 Å². The molecular weight excluding hydrogens is 288 g/mol. The minimum Gasteiger partial charge on any atom is -0.353 e. The zero-order valence-corrected chi connectivity index (χ0v) is 12.8. The number of hydrogen-bond donors (Lipinski definition) is 1. The summed E-state index contributed by atoms with van der Waals surface area (Å²) in [6.45, 7) is 2.49. The first-order valence-corrected chi connectivity index (χ1v) is 7.78. The van der Waals surface area contributed by atoms with Gasteiger partial charge in [-0.3, -0.25) is 9.59 Å². The van der Waals surface area contributed by atoms with Gasteiger partial charge in [0, 0.05) is 29.7 Å². The number of hydrogen-bond acceptors (Lipinski definition) is 2. The third-order valence-electron chi connectivity index (χ3n) is 4.33. The van der Waals surface area contributed by atoms with E-state index in [1.165, 1.54) is 12.8 Å². The lowest BCUT2D eigenvalue weighted by atomic mass is 10.1. The Morgan fingerprint density at radius 3 is 2.62 bits per heavy atom. The molecule has 1 saturated heterocycles. The van der Waals surface area contributed by atoms with Crippen LogP contribution in [0.3, 0.4) is 0 Å². The maximum absolute atomic E-state index is 12.3. The molecule has 1 aliphatic carbocycles. The van der Waals surface area contributed by atoms with Gasteiger partial charge in [-0.15, -0.1) is 0 Å². The van der Waals surface area contributed by atoms with Crippen LogP contribution in [0.5, 0.6) is 0 Å². The summed E-state index contributed by atoms with van der Waals surface area (Å²) in [5.41, 5.74) is 0.801. The molecule has 1 aromatic carbocycles. The quantitative estimate of drug-likeness (QED) is 0.929. The molecule has 2 fully saturated rings. The Morgan fingerprint density at radius 2 is 2.00 bits per heavy atom. The summed E-state index contributed by atoms with van der Waals surface area (Å²) < 4.78 is 0. The summed E-state index contributed by atoms with van der Waals surface area (Å²) in [6, 6.07) is 7.36. The molecule has 0 spiro atoms. The first kappa shape index (κ1) is 14.4. The van der Waals surface area contributed by atoms with E-state index in [4.69, 9.17) is 11.6 Å². The van der Waals surface area contributed by atoms with E-state index in [-0.39, 0.29) is 30.2 Å².